The molecule has 3 nitrogen and oxygen atoms in total. The fourth-order valence-corrected chi connectivity index (χ4v) is 4.54. The van der Waals surface area contributed by atoms with Gasteiger partial charge in [0.25, 0.3) is 0 Å². The van der Waals surface area contributed by atoms with E-state index < -0.39 is 0 Å². The van der Waals surface area contributed by atoms with Gasteiger partial charge in [-0.25, -0.2) is 0 Å². The molecule has 86 valence electrons. The molecule has 0 saturated carbocycles. The topological polar surface area (TPSA) is 43.4 Å². The number of carbonyl (C=O) groups excluding carboxylic acids is 2. The van der Waals surface area contributed by atoms with Gasteiger partial charge in [-0.15, -0.1) is 23.5 Å². The maximum atomic E-state index is 11.5. The normalized spacial score (nSPS) is 18.8. The van der Waals surface area contributed by atoms with Gasteiger partial charge in [0.2, 0.25) is 0 Å². The predicted octanol–water partition coefficient (Wildman–Crippen LogP) is 2.09. The molecule has 0 atom stereocenters. The first-order valence-corrected chi connectivity index (χ1v) is 7.02. The first-order chi connectivity index (χ1) is 7.10. The second kappa shape index (κ2) is 5.80. The lowest BCUT2D eigenvalue weighted by molar-refractivity contribution is -0.143. The molecule has 0 aromatic carbocycles. The van der Waals surface area contributed by atoms with Crippen molar-refractivity contribution in [1.82, 2.24) is 0 Å². The van der Waals surface area contributed by atoms with Crippen LogP contribution in [0.25, 0.3) is 0 Å². The summed E-state index contributed by atoms with van der Waals surface area (Å²) >= 11 is 3.33. The molecule has 1 heterocycles. The maximum absolute atomic E-state index is 11.5. The highest BCUT2D eigenvalue weighted by atomic mass is 32.2. The fraction of sp³-hybridized carbons (Fsp3) is 0.800. The van der Waals surface area contributed by atoms with Crippen molar-refractivity contribution in [3.05, 3.63) is 0 Å². The summed E-state index contributed by atoms with van der Waals surface area (Å²) in [6.45, 7) is 3.81. The molecule has 0 radical (unpaired) electrons. The van der Waals surface area contributed by atoms with Gasteiger partial charge in [0.15, 0.2) is 5.78 Å². The van der Waals surface area contributed by atoms with E-state index in [9.17, 15) is 9.59 Å². The Bertz CT molecular complexity index is 247. The molecule has 0 bridgehead atoms. The molecule has 0 amide bonds. The minimum atomic E-state index is -0.382. The highest BCUT2D eigenvalue weighted by Crippen LogP contribution is 2.47. The molecule has 1 aliphatic heterocycles. The number of ether oxygens (including phenoxy) is 1. The third-order valence-electron chi connectivity index (χ3n) is 2.25. The summed E-state index contributed by atoms with van der Waals surface area (Å²) < 4.78 is 4.48. The average molecular weight is 248 g/mol. The number of Topliss-reactive ketones (excluding diaryl/α,β-unsaturated/α-hetero) is 1. The molecule has 5 heteroatoms. The smallest absolute Gasteiger partial charge is 0.305 e. The summed E-state index contributed by atoms with van der Waals surface area (Å²) in [7, 11) is 0. The zero-order valence-electron chi connectivity index (χ0n) is 9.08. The molecule has 0 aromatic heterocycles. The summed E-state index contributed by atoms with van der Waals surface area (Å²) in [4.78, 5) is 22.8. The van der Waals surface area contributed by atoms with E-state index in [0.717, 1.165) is 11.5 Å². The van der Waals surface area contributed by atoms with Crippen molar-refractivity contribution in [2.75, 3.05) is 18.1 Å². The Balaban J connectivity index is 2.46. The third-order valence-corrected chi connectivity index (χ3v) is 5.95. The molecule has 0 aliphatic carbocycles. The quantitative estimate of drug-likeness (QED) is 0.697. The van der Waals surface area contributed by atoms with E-state index in [1.807, 2.05) is 0 Å². The Kier molecular flexibility index (Phi) is 4.99. The number of hydrogen-bond acceptors (Lipinski definition) is 5. The predicted molar refractivity (Wildman–Crippen MR) is 64.2 cm³/mol. The molecule has 0 unspecified atom stereocenters. The van der Waals surface area contributed by atoms with Gasteiger partial charge in [-0.05, 0) is 20.3 Å². The molecular weight excluding hydrogens is 232 g/mol. The Morgan fingerprint density at radius 2 is 1.93 bits per heavy atom. The largest absolute Gasteiger partial charge is 0.466 e. The second-order valence-electron chi connectivity index (χ2n) is 3.31. The van der Waals surface area contributed by atoms with Crippen LogP contribution in [0.5, 0.6) is 0 Å². The summed E-state index contributed by atoms with van der Waals surface area (Å²) in [6.07, 6.45) is 0.934. The van der Waals surface area contributed by atoms with Crippen molar-refractivity contribution >= 4 is 35.3 Å². The molecule has 1 rings (SSSR count). The lowest BCUT2D eigenvalue weighted by Gasteiger charge is -2.23. The monoisotopic (exact) mass is 248 g/mol. The number of hydrogen-bond donors (Lipinski definition) is 0. The van der Waals surface area contributed by atoms with Crippen LogP contribution < -0.4 is 0 Å². The van der Waals surface area contributed by atoms with Crippen LogP contribution in [0.2, 0.25) is 0 Å². The van der Waals surface area contributed by atoms with Gasteiger partial charge < -0.3 is 4.74 Å². The first-order valence-electron chi connectivity index (χ1n) is 5.05. The number of esters is 1. The van der Waals surface area contributed by atoms with Gasteiger partial charge in [0.05, 0.1) is 6.61 Å². The van der Waals surface area contributed by atoms with Crippen LogP contribution in [0.4, 0.5) is 0 Å². The van der Waals surface area contributed by atoms with Crippen molar-refractivity contribution in [3.63, 3.8) is 0 Å². The fourth-order valence-electron chi connectivity index (χ4n) is 1.48. The summed E-state index contributed by atoms with van der Waals surface area (Å²) in [5.74, 6) is 1.95. The van der Waals surface area contributed by atoms with Crippen LogP contribution in [0, 0.1) is 0 Å². The number of rotatable bonds is 5. The number of thioether (sulfide) groups is 2. The van der Waals surface area contributed by atoms with Crippen LogP contribution in [-0.2, 0) is 14.3 Å². The van der Waals surface area contributed by atoms with Gasteiger partial charge in [-0.2, -0.15) is 0 Å². The van der Waals surface area contributed by atoms with E-state index in [2.05, 4.69) is 0 Å². The van der Waals surface area contributed by atoms with E-state index in [4.69, 9.17) is 4.74 Å². The highest BCUT2D eigenvalue weighted by Gasteiger charge is 2.40. The van der Waals surface area contributed by atoms with Crippen LogP contribution in [0.15, 0.2) is 0 Å². The van der Waals surface area contributed by atoms with Crippen molar-refractivity contribution in [3.8, 4) is 0 Å². The van der Waals surface area contributed by atoms with Gasteiger partial charge in [-0.1, -0.05) is 0 Å². The molecule has 0 spiro atoms. The molecule has 1 aliphatic rings. The average Bonchev–Trinajstić information content (AvgIpc) is 2.65. The van der Waals surface area contributed by atoms with Crippen LogP contribution >= 0.6 is 23.5 Å². The molecular formula is C10H16O3S2. The summed E-state index contributed by atoms with van der Waals surface area (Å²) in [5.41, 5.74) is 0. The Morgan fingerprint density at radius 3 is 2.40 bits per heavy atom. The molecule has 0 aromatic rings. The SMILES string of the molecule is CCOC(=O)CCC1(C(C)=O)SCCS1. The zero-order valence-corrected chi connectivity index (χ0v) is 10.7. The molecule has 0 N–H and O–H groups in total. The minimum Gasteiger partial charge on any atom is -0.466 e. The van der Waals surface area contributed by atoms with E-state index in [-0.39, 0.29) is 15.8 Å². The maximum Gasteiger partial charge on any atom is 0.305 e. The van der Waals surface area contributed by atoms with Crippen LogP contribution in [-0.4, -0.2) is 33.9 Å². The van der Waals surface area contributed by atoms with E-state index in [1.165, 1.54) is 0 Å². The number of carbonyl (C=O) groups is 2. The van der Waals surface area contributed by atoms with E-state index in [1.54, 1.807) is 37.4 Å². The van der Waals surface area contributed by atoms with Crippen LogP contribution in [0.1, 0.15) is 26.7 Å². The Morgan fingerprint density at radius 1 is 1.33 bits per heavy atom. The van der Waals surface area contributed by atoms with Gasteiger partial charge in [0, 0.05) is 17.9 Å². The van der Waals surface area contributed by atoms with Crippen LogP contribution in [0.3, 0.4) is 0 Å². The molecule has 15 heavy (non-hydrogen) atoms. The third kappa shape index (κ3) is 3.41. The van der Waals surface area contributed by atoms with E-state index in [0.29, 0.717) is 19.4 Å². The minimum absolute atomic E-state index is 0.166. The Hall–Kier alpha value is -0.160. The summed E-state index contributed by atoms with van der Waals surface area (Å²) in [6, 6.07) is 0. The molecule has 1 saturated heterocycles. The summed E-state index contributed by atoms with van der Waals surface area (Å²) in [5, 5.41) is 0. The van der Waals surface area contributed by atoms with Crippen molar-refractivity contribution in [2.24, 2.45) is 0 Å². The van der Waals surface area contributed by atoms with Gasteiger partial charge >= 0.3 is 5.97 Å². The van der Waals surface area contributed by atoms with E-state index >= 15 is 0 Å². The second-order valence-corrected chi connectivity index (χ2v) is 6.36. The lowest BCUT2D eigenvalue weighted by Crippen LogP contribution is -2.28. The molecule has 1 fully saturated rings. The highest BCUT2D eigenvalue weighted by molar-refractivity contribution is 8.22. The van der Waals surface area contributed by atoms with Gasteiger partial charge in [0.1, 0.15) is 4.08 Å². The van der Waals surface area contributed by atoms with Gasteiger partial charge in [-0.3, -0.25) is 9.59 Å². The van der Waals surface area contributed by atoms with Crippen molar-refractivity contribution in [1.29, 1.82) is 0 Å². The zero-order chi connectivity index (χ0) is 11.3. The Labute approximate surface area is 98.7 Å². The van der Waals surface area contributed by atoms with Crippen molar-refractivity contribution < 1.29 is 14.3 Å². The number of ketones is 1. The first kappa shape index (κ1) is 12.9. The standard InChI is InChI=1S/C10H16O3S2/c1-3-13-9(12)4-5-10(8(2)11)14-6-7-15-10/h3-7H2,1-2H3. The van der Waals surface area contributed by atoms with Crippen molar-refractivity contribution in [2.45, 2.75) is 30.8 Å². The lowest BCUT2D eigenvalue weighted by atomic mass is 10.2.